The van der Waals surface area contributed by atoms with Crippen molar-refractivity contribution in [3.63, 3.8) is 0 Å². The number of hydrogen-bond donors (Lipinski definition) is 1. The van der Waals surface area contributed by atoms with Crippen LogP contribution >= 0.6 is 11.8 Å². The van der Waals surface area contributed by atoms with Crippen molar-refractivity contribution in [2.45, 2.75) is 51.3 Å². The molecule has 0 aliphatic carbocycles. The molecule has 1 unspecified atom stereocenters. The summed E-state index contributed by atoms with van der Waals surface area (Å²) in [5, 5.41) is 2.85. The molecule has 1 saturated heterocycles. The molecule has 0 saturated carbocycles. The summed E-state index contributed by atoms with van der Waals surface area (Å²) in [6.07, 6.45) is 4.90. The minimum Gasteiger partial charge on any atom is -0.492 e. The van der Waals surface area contributed by atoms with Gasteiger partial charge in [0.05, 0.1) is 18.0 Å². The first kappa shape index (κ1) is 22.2. The summed E-state index contributed by atoms with van der Waals surface area (Å²) in [6, 6.07) is 15.4. The van der Waals surface area contributed by atoms with Gasteiger partial charge < -0.3 is 10.1 Å². The van der Waals surface area contributed by atoms with Crippen LogP contribution in [0.4, 0.5) is 11.4 Å². The fraction of sp³-hybridized carbons (Fsp3) is 0.417. The number of para-hydroxylation sites is 2. The predicted molar refractivity (Wildman–Crippen MR) is 124 cm³/mol. The Morgan fingerprint density at radius 2 is 1.87 bits per heavy atom. The van der Waals surface area contributed by atoms with Crippen molar-refractivity contribution in [1.82, 2.24) is 0 Å². The van der Waals surface area contributed by atoms with Gasteiger partial charge in [-0.05, 0) is 43.2 Å². The zero-order valence-electron chi connectivity index (χ0n) is 17.7. The van der Waals surface area contributed by atoms with E-state index in [-0.39, 0.29) is 17.2 Å². The monoisotopic (exact) mass is 426 g/mol. The Morgan fingerprint density at radius 1 is 1.10 bits per heavy atom. The van der Waals surface area contributed by atoms with E-state index in [9.17, 15) is 9.59 Å². The van der Waals surface area contributed by atoms with Crippen LogP contribution in [-0.4, -0.2) is 24.2 Å². The molecule has 0 aromatic heterocycles. The van der Waals surface area contributed by atoms with Gasteiger partial charge in [-0.25, -0.2) is 0 Å². The highest BCUT2D eigenvalue weighted by Crippen LogP contribution is 2.44. The molecule has 2 aromatic rings. The van der Waals surface area contributed by atoms with Crippen LogP contribution in [0.3, 0.4) is 0 Å². The number of nitrogens with zero attached hydrogens (tertiary/aromatic N) is 1. The Labute approximate surface area is 183 Å². The van der Waals surface area contributed by atoms with E-state index in [0.717, 1.165) is 36.2 Å². The minimum atomic E-state index is -0.113. The summed E-state index contributed by atoms with van der Waals surface area (Å²) in [5.41, 5.74) is 2.61. The zero-order valence-corrected chi connectivity index (χ0v) is 18.5. The van der Waals surface area contributed by atoms with Gasteiger partial charge in [-0.2, -0.15) is 0 Å². The van der Waals surface area contributed by atoms with E-state index in [2.05, 4.69) is 12.2 Å². The molecule has 3 rings (SSSR count). The molecule has 0 radical (unpaired) electrons. The second-order valence-corrected chi connectivity index (χ2v) is 8.38. The summed E-state index contributed by atoms with van der Waals surface area (Å²) in [6.45, 7) is 4.64. The Kier molecular flexibility index (Phi) is 8.20. The fourth-order valence-corrected chi connectivity index (χ4v) is 4.70. The number of nitrogens with one attached hydrogen (secondary N) is 1. The lowest BCUT2D eigenvalue weighted by molar-refractivity contribution is -0.116. The van der Waals surface area contributed by atoms with Crippen LogP contribution in [0.1, 0.15) is 56.9 Å². The normalized spacial score (nSPS) is 16.0. The SMILES string of the molecule is CCCCCCC(=O)Nc1ccc(C2SCC(=O)N2c2ccccc2OCC)cc1. The van der Waals surface area contributed by atoms with Gasteiger partial charge in [0.25, 0.3) is 0 Å². The highest BCUT2D eigenvalue weighted by Gasteiger charge is 2.35. The number of unbranched alkanes of at least 4 members (excludes halogenated alkanes) is 3. The molecule has 1 atom stereocenters. The van der Waals surface area contributed by atoms with Crippen LogP contribution in [0, 0.1) is 0 Å². The Bertz CT molecular complexity index is 854. The molecule has 0 bridgehead atoms. The standard InChI is InChI=1S/C24H30N2O3S/c1-3-5-6-7-12-22(27)25-19-15-13-18(14-16-19)24-26(23(28)17-30-24)20-10-8-9-11-21(20)29-4-2/h8-11,13-16,24H,3-7,12,17H2,1-2H3,(H,25,27). The molecule has 30 heavy (non-hydrogen) atoms. The van der Waals surface area contributed by atoms with Gasteiger partial charge in [0.15, 0.2) is 0 Å². The molecule has 1 aliphatic rings. The molecule has 1 N–H and O–H groups in total. The summed E-state index contributed by atoms with van der Waals surface area (Å²) in [5.74, 6) is 1.27. The lowest BCUT2D eigenvalue weighted by atomic mass is 10.1. The molecule has 6 heteroatoms. The van der Waals surface area contributed by atoms with Crippen molar-refractivity contribution in [2.75, 3.05) is 22.6 Å². The van der Waals surface area contributed by atoms with Crippen LogP contribution in [0.2, 0.25) is 0 Å². The van der Waals surface area contributed by atoms with Gasteiger partial charge >= 0.3 is 0 Å². The maximum Gasteiger partial charge on any atom is 0.238 e. The van der Waals surface area contributed by atoms with Crippen molar-refractivity contribution in [3.8, 4) is 5.75 Å². The van der Waals surface area contributed by atoms with Crippen LogP contribution in [-0.2, 0) is 9.59 Å². The van der Waals surface area contributed by atoms with Gasteiger partial charge in [-0.1, -0.05) is 50.5 Å². The fourth-order valence-electron chi connectivity index (χ4n) is 3.53. The smallest absolute Gasteiger partial charge is 0.238 e. The maximum absolute atomic E-state index is 12.7. The van der Waals surface area contributed by atoms with Crippen LogP contribution in [0.25, 0.3) is 0 Å². The molecule has 1 fully saturated rings. The molecule has 1 aliphatic heterocycles. The molecule has 0 spiro atoms. The van der Waals surface area contributed by atoms with Gasteiger partial charge in [-0.15, -0.1) is 11.8 Å². The van der Waals surface area contributed by atoms with E-state index in [1.165, 1.54) is 6.42 Å². The molecule has 160 valence electrons. The Balaban J connectivity index is 1.69. The van der Waals surface area contributed by atoms with Gasteiger partial charge in [0.2, 0.25) is 11.8 Å². The highest BCUT2D eigenvalue weighted by molar-refractivity contribution is 8.00. The lowest BCUT2D eigenvalue weighted by Gasteiger charge is -2.26. The molecular weight excluding hydrogens is 396 g/mol. The van der Waals surface area contributed by atoms with Crippen molar-refractivity contribution in [2.24, 2.45) is 0 Å². The van der Waals surface area contributed by atoms with Crippen LogP contribution in [0.5, 0.6) is 5.75 Å². The summed E-state index contributed by atoms with van der Waals surface area (Å²) in [7, 11) is 0. The van der Waals surface area contributed by atoms with E-state index < -0.39 is 0 Å². The van der Waals surface area contributed by atoms with Crippen molar-refractivity contribution < 1.29 is 14.3 Å². The number of carbonyl (C=O) groups is 2. The molecule has 2 aromatic carbocycles. The number of amides is 2. The minimum absolute atomic E-state index is 0.0524. The second kappa shape index (κ2) is 11.1. The lowest BCUT2D eigenvalue weighted by Crippen LogP contribution is -2.28. The van der Waals surface area contributed by atoms with Crippen molar-refractivity contribution in [3.05, 3.63) is 54.1 Å². The van der Waals surface area contributed by atoms with E-state index in [4.69, 9.17) is 4.74 Å². The van der Waals surface area contributed by atoms with Gasteiger partial charge in [-0.3, -0.25) is 14.5 Å². The Morgan fingerprint density at radius 3 is 2.60 bits per heavy atom. The number of rotatable bonds is 10. The summed E-state index contributed by atoms with van der Waals surface area (Å²) in [4.78, 5) is 26.6. The van der Waals surface area contributed by atoms with Crippen molar-refractivity contribution >= 4 is 35.0 Å². The zero-order chi connectivity index (χ0) is 21.3. The number of carbonyl (C=O) groups excluding carboxylic acids is 2. The van der Waals surface area contributed by atoms with E-state index in [0.29, 0.717) is 24.5 Å². The first-order chi connectivity index (χ1) is 14.6. The number of benzene rings is 2. The van der Waals surface area contributed by atoms with E-state index >= 15 is 0 Å². The van der Waals surface area contributed by atoms with Gasteiger partial charge in [0, 0.05) is 12.1 Å². The molecule has 2 amide bonds. The number of anilines is 2. The van der Waals surface area contributed by atoms with Crippen LogP contribution < -0.4 is 15.0 Å². The number of thioether (sulfide) groups is 1. The van der Waals surface area contributed by atoms with E-state index in [1.807, 2.05) is 60.4 Å². The number of ether oxygens (including phenoxy) is 1. The molecule has 5 nitrogen and oxygen atoms in total. The van der Waals surface area contributed by atoms with Crippen LogP contribution in [0.15, 0.2) is 48.5 Å². The highest BCUT2D eigenvalue weighted by atomic mass is 32.2. The topological polar surface area (TPSA) is 58.6 Å². The quantitative estimate of drug-likeness (QED) is 0.490. The molecular formula is C24H30N2O3S. The first-order valence-corrected chi connectivity index (χ1v) is 11.7. The maximum atomic E-state index is 12.7. The predicted octanol–water partition coefficient (Wildman–Crippen LogP) is 5.77. The summed E-state index contributed by atoms with van der Waals surface area (Å²) < 4.78 is 5.74. The third-order valence-corrected chi connectivity index (χ3v) is 6.24. The number of hydrogen-bond acceptors (Lipinski definition) is 4. The average molecular weight is 427 g/mol. The average Bonchev–Trinajstić information content (AvgIpc) is 3.14. The largest absolute Gasteiger partial charge is 0.492 e. The second-order valence-electron chi connectivity index (χ2n) is 7.31. The van der Waals surface area contributed by atoms with Crippen molar-refractivity contribution in [1.29, 1.82) is 0 Å². The third kappa shape index (κ3) is 5.57. The first-order valence-electron chi connectivity index (χ1n) is 10.7. The third-order valence-electron chi connectivity index (χ3n) is 5.03. The van der Waals surface area contributed by atoms with E-state index in [1.54, 1.807) is 11.8 Å². The van der Waals surface area contributed by atoms with Gasteiger partial charge in [0.1, 0.15) is 11.1 Å². The Hall–Kier alpha value is -2.47. The molecule has 1 heterocycles. The summed E-state index contributed by atoms with van der Waals surface area (Å²) >= 11 is 1.60.